The molecular weight excluding hydrogens is 1200 g/mol. The molecular formula is C74H143FO14S2. The molecule has 542 valence electrons. The molecule has 0 N–H and O–H groups in total. The first-order valence-corrected chi connectivity index (χ1v) is 36.4. The predicted octanol–water partition coefficient (Wildman–Crippen LogP) is 18.7. The number of ketones is 6. The van der Waals surface area contributed by atoms with Gasteiger partial charge in [0.15, 0.2) is 31.6 Å². The van der Waals surface area contributed by atoms with E-state index in [4.69, 9.17) is 9.47 Å². The van der Waals surface area contributed by atoms with E-state index in [1.54, 1.807) is 90.0 Å². The number of rotatable bonds is 8. The molecule has 1 unspecified atom stereocenters. The maximum absolute atomic E-state index is 12.2. The van der Waals surface area contributed by atoms with Crippen LogP contribution in [0.15, 0.2) is 0 Å². The topological polar surface area (TPSA) is 223 Å². The van der Waals surface area contributed by atoms with Gasteiger partial charge in [0, 0.05) is 50.2 Å². The standard InChI is InChI=1S/C10H18O2.C9H16O.C8H14O.C7H13FO.C7H14O2S.C7H16O2S.C7H14O2.C7H14O.2C6H12O/c1-10(2,3)9(11)12-8-6-4-5-7-8;1-8(2,3)7(10)9(4)5-6-9;1-8(2,3)7(9)6-4-5-6;1-5(8)6(9)7(2,3)4;1-7(2,3)10(8,9)6-4-5-6;1-6(2)10(8,9)7(3,4)5;1-5-9-6(8)7(2,3)4;1-5-6(8)7(2,3)4;2*1-5(7)6(2,3)4/h8H,4-7H2,1-3H3;5-6H2,1-4H3;6H,4-5H2,1-3H3;5H,1-4H3;6H,4-5H2,1-3H3;6H,1-5H3;5H2,1-4H3;5H2,1-4H3;2*1-4H3. The SMILES string of the molecule is CC(=O)C(C)(C)C.CC(=O)C(C)(C)C.CC(C)(C)C(=O)C1(C)CC1.CC(C)(C)C(=O)C1CC1.CC(C)(C)C(=O)OC1CCCC1.CC(C)(C)S(=O)(=O)C1CC1.CC(C)S(=O)(=O)C(C)(C)C.CC(F)C(=O)C(C)(C)C.CCC(=O)C(C)(C)C.CCOC(=O)C(C)(C)C. The van der Waals surface area contributed by atoms with Crippen LogP contribution >= 0.6 is 0 Å². The molecule has 0 aromatic rings. The third kappa shape index (κ3) is 46.5. The number of hydrogen-bond acceptors (Lipinski definition) is 14. The molecule has 0 amide bonds. The molecule has 0 aliphatic heterocycles. The molecule has 4 aliphatic rings. The summed E-state index contributed by atoms with van der Waals surface area (Å²) in [5.41, 5.74) is -1.81. The van der Waals surface area contributed by atoms with E-state index < -0.39 is 40.8 Å². The minimum Gasteiger partial charge on any atom is -0.466 e. The van der Waals surface area contributed by atoms with Crippen LogP contribution in [0.1, 0.15) is 334 Å². The Labute approximate surface area is 559 Å². The second-order valence-electron chi connectivity index (χ2n) is 35.5. The molecule has 0 heterocycles. The normalized spacial score (nSPS) is 16.3. The van der Waals surface area contributed by atoms with Gasteiger partial charge in [-0.3, -0.25) is 38.4 Å². The summed E-state index contributed by atoms with van der Waals surface area (Å²) in [5, 5.41) is -0.292. The van der Waals surface area contributed by atoms with E-state index in [1.807, 2.05) is 159 Å². The molecule has 4 rings (SSSR count). The number of carbonyl (C=O) groups excluding carboxylic acids is 8. The summed E-state index contributed by atoms with van der Waals surface area (Å²) in [6.45, 7) is 70.2. The van der Waals surface area contributed by atoms with Gasteiger partial charge in [0.05, 0.1) is 37.4 Å². The van der Waals surface area contributed by atoms with E-state index >= 15 is 0 Å². The van der Waals surface area contributed by atoms with Gasteiger partial charge in [0.1, 0.15) is 35.0 Å². The molecule has 91 heavy (non-hydrogen) atoms. The second-order valence-corrected chi connectivity index (χ2v) is 41.7. The molecule has 0 saturated heterocycles. The number of ether oxygens (including phenoxy) is 2. The van der Waals surface area contributed by atoms with Crippen molar-refractivity contribution in [2.75, 3.05) is 6.61 Å². The maximum atomic E-state index is 12.2. The van der Waals surface area contributed by atoms with Crippen LogP contribution in [0.25, 0.3) is 0 Å². The zero-order valence-corrected chi connectivity index (χ0v) is 67.4. The van der Waals surface area contributed by atoms with Crippen molar-refractivity contribution >= 4 is 66.3 Å². The highest BCUT2D eigenvalue weighted by Gasteiger charge is 2.48. The fourth-order valence-electron chi connectivity index (χ4n) is 6.67. The van der Waals surface area contributed by atoms with Crippen LogP contribution in [0.4, 0.5) is 4.39 Å². The molecule has 0 bridgehead atoms. The highest BCUT2D eigenvalue weighted by molar-refractivity contribution is 7.93. The van der Waals surface area contributed by atoms with Gasteiger partial charge >= 0.3 is 11.9 Å². The number of hydrogen-bond donors (Lipinski definition) is 0. The molecule has 4 fully saturated rings. The Bertz CT molecular complexity index is 2350. The Balaban J connectivity index is -0.000000221. The van der Waals surface area contributed by atoms with Crippen LogP contribution in [0.3, 0.4) is 0 Å². The van der Waals surface area contributed by atoms with Gasteiger partial charge in [0.2, 0.25) is 0 Å². The Morgan fingerprint density at radius 3 is 0.912 bits per heavy atom. The lowest BCUT2D eigenvalue weighted by atomic mass is 9.82. The number of alkyl halides is 1. The minimum absolute atomic E-state index is 0.0208. The Morgan fingerprint density at radius 2 is 0.813 bits per heavy atom. The van der Waals surface area contributed by atoms with E-state index in [1.165, 1.54) is 19.8 Å². The maximum Gasteiger partial charge on any atom is 0.311 e. The van der Waals surface area contributed by atoms with Crippen molar-refractivity contribution in [3.63, 3.8) is 0 Å². The molecule has 17 heteroatoms. The molecule has 0 aromatic carbocycles. The van der Waals surface area contributed by atoms with E-state index in [2.05, 4.69) is 6.92 Å². The van der Waals surface area contributed by atoms with Crippen LogP contribution in [-0.4, -0.2) is 102 Å². The third-order valence-electron chi connectivity index (χ3n) is 14.7. The monoisotopic (exact) mass is 1340 g/mol. The first-order chi connectivity index (χ1) is 39.6. The largest absolute Gasteiger partial charge is 0.466 e. The van der Waals surface area contributed by atoms with Crippen LogP contribution in [-0.2, 0) is 67.5 Å². The lowest BCUT2D eigenvalue weighted by Gasteiger charge is -2.21. The lowest BCUT2D eigenvalue weighted by Crippen LogP contribution is -2.34. The van der Waals surface area contributed by atoms with Crippen LogP contribution in [0.2, 0.25) is 0 Å². The van der Waals surface area contributed by atoms with Crippen molar-refractivity contribution in [3.05, 3.63) is 0 Å². The van der Waals surface area contributed by atoms with Gasteiger partial charge in [-0.2, -0.15) is 0 Å². The number of halogens is 1. The molecule has 4 saturated carbocycles. The van der Waals surface area contributed by atoms with Gasteiger partial charge in [-0.05, 0) is 189 Å². The summed E-state index contributed by atoms with van der Waals surface area (Å²) in [7, 11) is -5.72. The lowest BCUT2D eigenvalue weighted by molar-refractivity contribution is -0.158. The predicted molar refractivity (Wildman–Crippen MR) is 378 cm³/mol. The Hall–Kier alpha value is -3.21. The first-order valence-electron chi connectivity index (χ1n) is 33.3. The summed E-state index contributed by atoms with van der Waals surface area (Å²) >= 11 is 0. The van der Waals surface area contributed by atoms with Gasteiger partial charge in [-0.15, -0.1) is 0 Å². The van der Waals surface area contributed by atoms with E-state index in [-0.39, 0.29) is 89.2 Å². The summed E-state index contributed by atoms with van der Waals surface area (Å²) in [4.78, 5) is 87.6. The highest BCUT2D eigenvalue weighted by Crippen LogP contribution is 2.49. The number of sulfone groups is 2. The van der Waals surface area contributed by atoms with E-state index in [0.717, 1.165) is 51.4 Å². The first kappa shape index (κ1) is 98.9. The van der Waals surface area contributed by atoms with Crippen molar-refractivity contribution in [1.29, 1.82) is 0 Å². The second kappa shape index (κ2) is 39.1. The molecule has 0 spiro atoms. The molecule has 1 atom stereocenters. The van der Waals surface area contributed by atoms with Crippen LogP contribution < -0.4 is 0 Å². The van der Waals surface area contributed by atoms with Crippen LogP contribution in [0.5, 0.6) is 0 Å². The molecule has 0 aromatic heterocycles. The summed E-state index contributed by atoms with van der Waals surface area (Å²) in [6.07, 6.45) is 10.3. The number of carbonyl (C=O) groups is 8. The Kier molecular flexibility index (Phi) is 42.5. The van der Waals surface area contributed by atoms with Gasteiger partial charge in [-0.25, -0.2) is 21.2 Å². The average Bonchev–Trinajstić information content (AvgIpc) is 1.72. The average molecular weight is 1340 g/mol. The van der Waals surface area contributed by atoms with Crippen molar-refractivity contribution in [3.8, 4) is 0 Å². The summed E-state index contributed by atoms with van der Waals surface area (Å²) < 4.78 is 66.7. The highest BCUT2D eigenvalue weighted by atomic mass is 32.2. The van der Waals surface area contributed by atoms with E-state index in [9.17, 15) is 59.6 Å². The zero-order chi connectivity index (χ0) is 74.9. The Morgan fingerprint density at radius 1 is 0.473 bits per heavy atom. The van der Waals surface area contributed by atoms with Crippen molar-refractivity contribution in [1.82, 2.24) is 0 Å². The molecule has 14 nitrogen and oxygen atoms in total. The fourth-order valence-corrected chi connectivity index (χ4v) is 9.84. The van der Waals surface area contributed by atoms with Gasteiger partial charge in [0.25, 0.3) is 0 Å². The third-order valence-corrected chi connectivity index (χ3v) is 20.7. The van der Waals surface area contributed by atoms with Crippen molar-refractivity contribution in [2.24, 2.45) is 54.7 Å². The smallest absolute Gasteiger partial charge is 0.311 e. The minimum atomic E-state index is -2.91. The summed E-state index contributed by atoms with van der Waals surface area (Å²) in [6, 6.07) is 0. The quantitative estimate of drug-likeness (QED) is 0.206. The van der Waals surface area contributed by atoms with Crippen molar-refractivity contribution < 1.29 is 69.1 Å². The zero-order valence-electron chi connectivity index (χ0n) is 65.8. The summed E-state index contributed by atoms with van der Waals surface area (Å²) in [5.74, 6) is 1.59. The number of esters is 2. The van der Waals surface area contributed by atoms with Crippen molar-refractivity contribution in [2.45, 2.75) is 366 Å². The van der Waals surface area contributed by atoms with Gasteiger partial charge in [-0.1, -0.05) is 138 Å². The molecule has 4 aliphatic carbocycles. The molecule has 0 radical (unpaired) electrons. The van der Waals surface area contributed by atoms with Crippen LogP contribution in [0, 0.1) is 54.7 Å². The van der Waals surface area contributed by atoms with E-state index in [0.29, 0.717) is 36.3 Å². The van der Waals surface area contributed by atoms with Gasteiger partial charge < -0.3 is 9.47 Å². The fraction of sp³-hybridized carbons (Fsp3) is 0.892. The number of Topliss-reactive ketones (excluding diaryl/α,β-unsaturated/α-hetero) is 6.